The molecule has 2 aromatic heterocycles. The molecule has 2 heterocycles. The predicted octanol–water partition coefficient (Wildman–Crippen LogP) is 3.24. The van der Waals surface area contributed by atoms with E-state index in [-0.39, 0.29) is 0 Å². The number of fused-ring (bicyclic) bond motifs is 1. The summed E-state index contributed by atoms with van der Waals surface area (Å²) in [6.45, 7) is 0. The highest BCUT2D eigenvalue weighted by Crippen LogP contribution is 2.27. The van der Waals surface area contributed by atoms with Gasteiger partial charge >= 0.3 is 0 Å². The summed E-state index contributed by atoms with van der Waals surface area (Å²) in [5.41, 5.74) is 3.51. The molecule has 2 heteroatoms. The number of hydrogen-bond donors (Lipinski definition) is 0. The molecule has 0 aliphatic carbocycles. The Labute approximate surface area is 94.2 Å². The van der Waals surface area contributed by atoms with Crippen molar-refractivity contribution in [1.29, 1.82) is 0 Å². The highest BCUT2D eigenvalue weighted by Gasteiger charge is 2.05. The molecule has 0 bridgehead atoms. The zero-order chi connectivity index (χ0) is 11.0. The molecule has 1 aromatic carbocycles. The standard InChI is InChI=1S/C14H12N2/c1-16-10-8-13-12(7-9-15-14(13)16)11-5-3-2-4-6-11/h2-10H,1H3. The molecule has 0 atom stereocenters. The monoisotopic (exact) mass is 208 g/mol. The second kappa shape index (κ2) is 3.49. The second-order valence-electron chi connectivity index (χ2n) is 3.89. The molecule has 3 rings (SSSR count). The van der Waals surface area contributed by atoms with Gasteiger partial charge in [-0.25, -0.2) is 4.98 Å². The van der Waals surface area contributed by atoms with Crippen molar-refractivity contribution in [2.24, 2.45) is 7.05 Å². The van der Waals surface area contributed by atoms with Crippen molar-refractivity contribution in [3.8, 4) is 11.1 Å². The van der Waals surface area contributed by atoms with Gasteiger partial charge in [0.1, 0.15) is 5.65 Å². The molecule has 0 fully saturated rings. The van der Waals surface area contributed by atoms with Crippen LogP contribution in [0.3, 0.4) is 0 Å². The summed E-state index contributed by atoms with van der Waals surface area (Å²) in [5, 5.41) is 1.20. The summed E-state index contributed by atoms with van der Waals surface area (Å²) < 4.78 is 2.04. The van der Waals surface area contributed by atoms with Crippen LogP contribution < -0.4 is 0 Å². The first-order chi connectivity index (χ1) is 7.86. The maximum Gasteiger partial charge on any atom is 0.140 e. The molecule has 78 valence electrons. The molecule has 2 nitrogen and oxygen atoms in total. The molecule has 0 aliphatic rings. The number of aromatic nitrogens is 2. The third-order valence-corrected chi connectivity index (χ3v) is 2.85. The molecule has 0 N–H and O–H groups in total. The minimum absolute atomic E-state index is 1.03. The normalized spacial score (nSPS) is 10.8. The lowest BCUT2D eigenvalue weighted by Gasteiger charge is -2.03. The maximum absolute atomic E-state index is 4.39. The molecule has 16 heavy (non-hydrogen) atoms. The van der Waals surface area contributed by atoms with Gasteiger partial charge in [0, 0.05) is 24.8 Å². The van der Waals surface area contributed by atoms with E-state index in [1.807, 2.05) is 30.1 Å². The maximum atomic E-state index is 4.39. The summed E-state index contributed by atoms with van der Waals surface area (Å²) >= 11 is 0. The second-order valence-corrected chi connectivity index (χ2v) is 3.89. The first-order valence-electron chi connectivity index (χ1n) is 5.32. The summed E-state index contributed by atoms with van der Waals surface area (Å²) in [5.74, 6) is 0. The molecular formula is C14H12N2. The van der Waals surface area contributed by atoms with Crippen molar-refractivity contribution in [1.82, 2.24) is 9.55 Å². The molecule has 0 spiro atoms. The molecule has 0 saturated heterocycles. The van der Waals surface area contributed by atoms with E-state index in [2.05, 4.69) is 41.4 Å². The molecular weight excluding hydrogens is 196 g/mol. The van der Waals surface area contributed by atoms with Gasteiger partial charge < -0.3 is 4.57 Å². The van der Waals surface area contributed by atoms with Crippen LogP contribution in [0, 0.1) is 0 Å². The SMILES string of the molecule is Cn1ccc2c(-c3ccccc3)ccnc21. The fourth-order valence-electron chi connectivity index (χ4n) is 2.03. The van der Waals surface area contributed by atoms with E-state index in [0.29, 0.717) is 0 Å². The lowest BCUT2D eigenvalue weighted by Crippen LogP contribution is -1.88. The van der Waals surface area contributed by atoms with E-state index in [4.69, 9.17) is 0 Å². The van der Waals surface area contributed by atoms with Gasteiger partial charge in [0.25, 0.3) is 0 Å². The average Bonchev–Trinajstić information content (AvgIpc) is 2.73. The number of pyridine rings is 1. The zero-order valence-electron chi connectivity index (χ0n) is 9.09. The first kappa shape index (κ1) is 9.16. The third-order valence-electron chi connectivity index (χ3n) is 2.85. The van der Waals surface area contributed by atoms with E-state index in [1.54, 1.807) is 0 Å². The van der Waals surface area contributed by atoms with Gasteiger partial charge in [-0.3, -0.25) is 0 Å². The van der Waals surface area contributed by atoms with Gasteiger partial charge in [0.05, 0.1) is 0 Å². The summed E-state index contributed by atoms with van der Waals surface area (Å²) in [6.07, 6.45) is 3.91. The minimum Gasteiger partial charge on any atom is -0.336 e. The lowest BCUT2D eigenvalue weighted by atomic mass is 10.0. The Balaban J connectivity index is 2.32. The summed E-state index contributed by atoms with van der Waals surface area (Å²) in [7, 11) is 2.02. The Morgan fingerprint density at radius 2 is 1.81 bits per heavy atom. The van der Waals surface area contributed by atoms with Crippen molar-refractivity contribution in [3.05, 3.63) is 54.9 Å². The molecule has 0 radical (unpaired) electrons. The van der Waals surface area contributed by atoms with Crippen molar-refractivity contribution >= 4 is 11.0 Å². The highest BCUT2D eigenvalue weighted by atomic mass is 15.0. The number of aryl methyl sites for hydroxylation is 1. The Hall–Kier alpha value is -2.09. The van der Waals surface area contributed by atoms with Gasteiger partial charge in [-0.1, -0.05) is 30.3 Å². The molecule has 0 aliphatic heterocycles. The quantitative estimate of drug-likeness (QED) is 0.600. The van der Waals surface area contributed by atoms with Crippen LogP contribution in [0.2, 0.25) is 0 Å². The zero-order valence-corrected chi connectivity index (χ0v) is 9.09. The molecule has 0 amide bonds. The van der Waals surface area contributed by atoms with Gasteiger partial charge in [0.15, 0.2) is 0 Å². The van der Waals surface area contributed by atoms with Crippen molar-refractivity contribution in [2.45, 2.75) is 0 Å². The molecule has 3 aromatic rings. The van der Waals surface area contributed by atoms with Gasteiger partial charge in [0.2, 0.25) is 0 Å². The number of hydrogen-bond acceptors (Lipinski definition) is 1. The van der Waals surface area contributed by atoms with Gasteiger partial charge in [-0.2, -0.15) is 0 Å². The smallest absolute Gasteiger partial charge is 0.140 e. The average molecular weight is 208 g/mol. The van der Waals surface area contributed by atoms with Crippen molar-refractivity contribution in [2.75, 3.05) is 0 Å². The van der Waals surface area contributed by atoms with Crippen LogP contribution in [0.5, 0.6) is 0 Å². The van der Waals surface area contributed by atoms with Crippen LogP contribution in [0.15, 0.2) is 54.9 Å². The number of benzene rings is 1. The third kappa shape index (κ3) is 1.31. The van der Waals surface area contributed by atoms with Crippen molar-refractivity contribution < 1.29 is 0 Å². The summed E-state index contributed by atoms with van der Waals surface area (Å²) in [4.78, 5) is 4.39. The Bertz CT molecular complexity index is 624. The van der Waals surface area contributed by atoms with E-state index in [0.717, 1.165) is 5.65 Å². The fraction of sp³-hybridized carbons (Fsp3) is 0.0714. The first-order valence-corrected chi connectivity index (χ1v) is 5.32. The van der Waals surface area contributed by atoms with Crippen LogP contribution in [0.25, 0.3) is 22.2 Å². The summed E-state index contributed by atoms with van der Waals surface area (Å²) in [6, 6.07) is 14.6. The largest absolute Gasteiger partial charge is 0.336 e. The Morgan fingerprint density at radius 3 is 2.62 bits per heavy atom. The van der Waals surface area contributed by atoms with Crippen LogP contribution in [-0.4, -0.2) is 9.55 Å². The number of rotatable bonds is 1. The predicted molar refractivity (Wildman–Crippen MR) is 66.2 cm³/mol. The van der Waals surface area contributed by atoms with E-state index >= 15 is 0 Å². The van der Waals surface area contributed by atoms with Gasteiger partial charge in [-0.05, 0) is 23.3 Å². The highest BCUT2D eigenvalue weighted by molar-refractivity contribution is 5.93. The topological polar surface area (TPSA) is 17.8 Å². The minimum atomic E-state index is 1.03. The van der Waals surface area contributed by atoms with Crippen LogP contribution in [0.1, 0.15) is 0 Å². The number of nitrogens with zero attached hydrogens (tertiary/aromatic N) is 2. The van der Waals surface area contributed by atoms with Crippen molar-refractivity contribution in [3.63, 3.8) is 0 Å². The van der Waals surface area contributed by atoms with Crippen LogP contribution in [-0.2, 0) is 7.05 Å². The Morgan fingerprint density at radius 1 is 1.00 bits per heavy atom. The van der Waals surface area contributed by atoms with Gasteiger partial charge in [-0.15, -0.1) is 0 Å². The van der Waals surface area contributed by atoms with Crippen LogP contribution >= 0.6 is 0 Å². The molecule has 0 saturated carbocycles. The van der Waals surface area contributed by atoms with E-state index < -0.39 is 0 Å². The fourth-order valence-corrected chi connectivity index (χ4v) is 2.03. The van der Waals surface area contributed by atoms with E-state index in [9.17, 15) is 0 Å². The van der Waals surface area contributed by atoms with E-state index in [1.165, 1.54) is 16.5 Å². The molecule has 0 unspecified atom stereocenters. The van der Waals surface area contributed by atoms with Crippen LogP contribution in [0.4, 0.5) is 0 Å². The Kier molecular flexibility index (Phi) is 2.00. The lowest BCUT2D eigenvalue weighted by molar-refractivity contribution is 0.949.